The van der Waals surface area contributed by atoms with Gasteiger partial charge in [-0.25, -0.2) is 9.97 Å². The van der Waals surface area contributed by atoms with E-state index in [4.69, 9.17) is 17.3 Å². The van der Waals surface area contributed by atoms with Gasteiger partial charge in [-0.2, -0.15) is 0 Å². The van der Waals surface area contributed by atoms with Gasteiger partial charge in [0.25, 0.3) is 0 Å². The standard InChI is InChI=1S/C17H23ClN6O/c1-9(2)24-12(15(3,4)25)22-23-13(24)17-6-16(7-17,8-17)11-10(18)5-20-14(19)21-11/h5,9,25H,6-8H2,1-4H3,(H2,19,20,21). The van der Waals surface area contributed by atoms with Crippen LogP contribution in [0.3, 0.4) is 0 Å². The van der Waals surface area contributed by atoms with Crippen molar-refractivity contribution >= 4 is 17.5 Å². The van der Waals surface area contributed by atoms with Gasteiger partial charge in [-0.05, 0) is 47.0 Å². The van der Waals surface area contributed by atoms with Crippen molar-refractivity contribution in [1.82, 2.24) is 24.7 Å². The topological polar surface area (TPSA) is 103 Å². The molecule has 2 aromatic heterocycles. The summed E-state index contributed by atoms with van der Waals surface area (Å²) in [5.41, 5.74) is 5.53. The van der Waals surface area contributed by atoms with Crippen molar-refractivity contribution in [1.29, 1.82) is 0 Å². The molecule has 2 bridgehead atoms. The van der Waals surface area contributed by atoms with E-state index in [-0.39, 0.29) is 22.8 Å². The van der Waals surface area contributed by atoms with Crippen LogP contribution in [-0.2, 0) is 16.4 Å². The third-order valence-electron chi connectivity index (χ3n) is 5.53. The monoisotopic (exact) mass is 362 g/mol. The van der Waals surface area contributed by atoms with Crippen molar-refractivity contribution < 1.29 is 5.11 Å². The first-order valence-electron chi connectivity index (χ1n) is 8.55. The normalized spacial score (nSPS) is 28.0. The summed E-state index contributed by atoms with van der Waals surface area (Å²) >= 11 is 6.31. The molecule has 8 heteroatoms. The Morgan fingerprint density at radius 2 is 1.88 bits per heavy atom. The predicted octanol–water partition coefficient (Wildman–Crippen LogP) is 2.49. The second-order valence-corrected chi connectivity index (χ2v) is 8.79. The minimum absolute atomic E-state index is 0.0101. The SMILES string of the molecule is CC(C)n1c(C(C)(C)O)nnc1C12CC(c3nc(N)ncc3Cl)(C1)C2. The van der Waals surface area contributed by atoms with Gasteiger partial charge in [0.1, 0.15) is 11.4 Å². The molecule has 3 saturated carbocycles. The number of aliphatic hydroxyl groups is 1. The van der Waals surface area contributed by atoms with Gasteiger partial charge in [-0.3, -0.25) is 0 Å². The van der Waals surface area contributed by atoms with Gasteiger partial charge >= 0.3 is 0 Å². The molecular formula is C17H23ClN6O. The number of rotatable bonds is 4. The van der Waals surface area contributed by atoms with E-state index in [1.807, 2.05) is 0 Å². The van der Waals surface area contributed by atoms with Gasteiger partial charge in [0.2, 0.25) is 5.95 Å². The van der Waals surface area contributed by atoms with E-state index in [9.17, 15) is 5.11 Å². The smallest absolute Gasteiger partial charge is 0.220 e. The largest absolute Gasteiger partial charge is 0.382 e. The molecule has 0 atom stereocenters. The van der Waals surface area contributed by atoms with Crippen molar-refractivity contribution in [3.05, 3.63) is 28.6 Å². The van der Waals surface area contributed by atoms with Crippen molar-refractivity contribution in [3.63, 3.8) is 0 Å². The van der Waals surface area contributed by atoms with Crippen LogP contribution in [0.2, 0.25) is 5.02 Å². The van der Waals surface area contributed by atoms with Crippen LogP contribution in [0, 0.1) is 0 Å². The number of hydrogen-bond acceptors (Lipinski definition) is 6. The zero-order valence-corrected chi connectivity index (χ0v) is 15.7. The van der Waals surface area contributed by atoms with Gasteiger partial charge in [0.05, 0.1) is 16.9 Å². The summed E-state index contributed by atoms with van der Waals surface area (Å²) in [7, 11) is 0. The number of aromatic nitrogens is 5. The Bertz CT molecular complexity index is 834. The lowest BCUT2D eigenvalue weighted by molar-refractivity contribution is -0.0815. The van der Waals surface area contributed by atoms with E-state index in [1.54, 1.807) is 20.0 Å². The van der Waals surface area contributed by atoms with Crippen molar-refractivity contribution in [2.75, 3.05) is 5.73 Å². The summed E-state index contributed by atoms with van der Waals surface area (Å²) < 4.78 is 2.08. The van der Waals surface area contributed by atoms with E-state index in [2.05, 4.69) is 38.6 Å². The Morgan fingerprint density at radius 3 is 2.44 bits per heavy atom. The van der Waals surface area contributed by atoms with Crippen LogP contribution in [0.25, 0.3) is 0 Å². The molecule has 25 heavy (non-hydrogen) atoms. The first-order chi connectivity index (χ1) is 11.6. The summed E-state index contributed by atoms with van der Waals surface area (Å²) in [5, 5.41) is 19.8. The predicted molar refractivity (Wildman–Crippen MR) is 94.3 cm³/mol. The molecule has 3 fully saturated rings. The van der Waals surface area contributed by atoms with E-state index in [1.165, 1.54) is 0 Å². The maximum Gasteiger partial charge on any atom is 0.220 e. The van der Waals surface area contributed by atoms with Crippen LogP contribution in [-0.4, -0.2) is 29.8 Å². The summed E-state index contributed by atoms with van der Waals surface area (Å²) in [6, 6.07) is 0.176. The highest BCUT2D eigenvalue weighted by atomic mass is 35.5. The van der Waals surface area contributed by atoms with E-state index >= 15 is 0 Å². The average Bonchev–Trinajstić information content (AvgIpc) is 2.85. The Hall–Kier alpha value is -1.73. The molecule has 3 aliphatic rings. The van der Waals surface area contributed by atoms with Crippen LogP contribution < -0.4 is 5.73 Å². The molecule has 2 heterocycles. The van der Waals surface area contributed by atoms with Gasteiger partial charge in [-0.15, -0.1) is 10.2 Å². The van der Waals surface area contributed by atoms with Gasteiger partial charge in [-0.1, -0.05) is 11.6 Å². The van der Waals surface area contributed by atoms with E-state index in [0.29, 0.717) is 10.8 Å². The van der Waals surface area contributed by atoms with Crippen molar-refractivity contribution in [2.45, 2.75) is 69.4 Å². The Kier molecular flexibility index (Phi) is 3.29. The molecule has 0 radical (unpaired) electrons. The van der Waals surface area contributed by atoms with Crippen LogP contribution in [0.4, 0.5) is 5.95 Å². The second-order valence-electron chi connectivity index (χ2n) is 8.39. The minimum Gasteiger partial charge on any atom is -0.382 e. The Labute approximate surface area is 151 Å². The third-order valence-corrected chi connectivity index (χ3v) is 5.81. The molecule has 0 aliphatic heterocycles. The number of halogens is 1. The number of nitrogen functional groups attached to an aromatic ring is 1. The van der Waals surface area contributed by atoms with Crippen molar-refractivity contribution in [3.8, 4) is 0 Å². The zero-order valence-electron chi connectivity index (χ0n) is 14.9. The van der Waals surface area contributed by atoms with Crippen LogP contribution >= 0.6 is 11.6 Å². The highest BCUT2D eigenvalue weighted by molar-refractivity contribution is 6.31. The zero-order chi connectivity index (χ0) is 18.2. The lowest BCUT2D eigenvalue weighted by Gasteiger charge is -2.69. The maximum atomic E-state index is 10.4. The molecule has 0 amide bonds. The first-order valence-corrected chi connectivity index (χ1v) is 8.93. The quantitative estimate of drug-likeness (QED) is 0.866. The molecular weight excluding hydrogens is 340 g/mol. The van der Waals surface area contributed by atoms with Crippen LogP contribution in [0.15, 0.2) is 6.20 Å². The fraction of sp³-hybridized carbons (Fsp3) is 0.647. The van der Waals surface area contributed by atoms with Gasteiger partial charge in [0.15, 0.2) is 5.82 Å². The number of hydrogen-bond donors (Lipinski definition) is 2. The molecule has 134 valence electrons. The highest BCUT2D eigenvalue weighted by Crippen LogP contribution is 2.74. The average molecular weight is 363 g/mol. The molecule has 2 aromatic rings. The maximum absolute atomic E-state index is 10.4. The van der Waals surface area contributed by atoms with E-state index < -0.39 is 5.60 Å². The molecule has 0 unspecified atom stereocenters. The fourth-order valence-corrected chi connectivity index (χ4v) is 4.88. The third kappa shape index (κ3) is 2.22. The first kappa shape index (κ1) is 16.7. The Morgan fingerprint density at radius 1 is 1.24 bits per heavy atom. The molecule has 0 aromatic carbocycles. The van der Waals surface area contributed by atoms with Crippen molar-refractivity contribution in [2.24, 2.45) is 0 Å². The molecule has 0 spiro atoms. The number of nitrogens with two attached hydrogens (primary N) is 1. The van der Waals surface area contributed by atoms with Gasteiger partial charge < -0.3 is 15.4 Å². The summed E-state index contributed by atoms with van der Waals surface area (Å²) in [4.78, 5) is 8.34. The molecule has 3 N–H and O–H groups in total. The Balaban J connectivity index is 1.68. The second kappa shape index (κ2) is 4.92. The van der Waals surface area contributed by atoms with E-state index in [0.717, 1.165) is 30.8 Å². The lowest BCUT2D eigenvalue weighted by Crippen LogP contribution is -2.68. The summed E-state index contributed by atoms with van der Waals surface area (Å²) in [5.74, 6) is 1.83. The van der Waals surface area contributed by atoms with Crippen LogP contribution in [0.5, 0.6) is 0 Å². The van der Waals surface area contributed by atoms with Crippen LogP contribution in [0.1, 0.15) is 70.3 Å². The summed E-state index contributed by atoms with van der Waals surface area (Å²) in [6.45, 7) is 7.66. The lowest BCUT2D eigenvalue weighted by atomic mass is 9.34. The van der Waals surface area contributed by atoms with Gasteiger partial charge in [0, 0.05) is 16.9 Å². The highest BCUT2D eigenvalue weighted by Gasteiger charge is 2.72. The minimum atomic E-state index is -1.03. The molecule has 7 nitrogen and oxygen atoms in total. The molecule has 5 rings (SSSR count). The molecule has 3 aliphatic carbocycles. The molecule has 0 saturated heterocycles. The fourth-order valence-electron chi connectivity index (χ4n) is 4.59. The summed E-state index contributed by atoms with van der Waals surface area (Å²) in [6.07, 6.45) is 4.35. The number of nitrogens with zero attached hydrogens (tertiary/aromatic N) is 5. The number of anilines is 1.